The molecule has 0 saturated heterocycles. The lowest BCUT2D eigenvalue weighted by Gasteiger charge is -2.14. The second-order valence-electron chi connectivity index (χ2n) is 5.50. The summed E-state index contributed by atoms with van der Waals surface area (Å²) in [6, 6.07) is 1.08. The highest BCUT2D eigenvalue weighted by Gasteiger charge is 2.26. The zero-order valence-electron chi connectivity index (χ0n) is 12.0. The van der Waals surface area contributed by atoms with E-state index in [4.69, 9.17) is 9.56 Å². The van der Waals surface area contributed by atoms with Gasteiger partial charge >= 0.3 is 5.76 Å². The van der Waals surface area contributed by atoms with E-state index >= 15 is 0 Å². The predicted octanol–water partition coefficient (Wildman–Crippen LogP) is 2.15. The molecule has 1 aliphatic rings. The Hall–Kier alpha value is -2.00. The van der Waals surface area contributed by atoms with Crippen molar-refractivity contribution in [2.45, 2.75) is 36.6 Å². The van der Waals surface area contributed by atoms with Gasteiger partial charge in [0, 0.05) is 11.6 Å². The fourth-order valence-corrected chi connectivity index (χ4v) is 3.56. The van der Waals surface area contributed by atoms with Crippen molar-refractivity contribution < 1.29 is 21.6 Å². The molecule has 3 rings (SSSR count). The summed E-state index contributed by atoms with van der Waals surface area (Å²) >= 11 is 0. The van der Waals surface area contributed by atoms with Gasteiger partial charge in [0.1, 0.15) is 22.8 Å². The Morgan fingerprint density at radius 1 is 1.17 bits per heavy atom. The summed E-state index contributed by atoms with van der Waals surface area (Å²) < 4.78 is 56.8. The number of primary sulfonamides is 1. The molecule has 0 amide bonds. The summed E-state index contributed by atoms with van der Waals surface area (Å²) in [6.45, 7) is 0. The summed E-state index contributed by atoms with van der Waals surface area (Å²) in [6.07, 6.45) is 4.40. The van der Waals surface area contributed by atoms with Crippen molar-refractivity contribution in [3.63, 3.8) is 0 Å². The molecule has 1 heterocycles. The van der Waals surface area contributed by atoms with E-state index in [1.807, 2.05) is 0 Å². The number of nitrogens with zero attached hydrogens (tertiary/aromatic N) is 1. The van der Waals surface area contributed by atoms with Crippen LogP contribution in [0.4, 0.5) is 8.78 Å². The van der Waals surface area contributed by atoms with E-state index in [2.05, 4.69) is 0 Å². The van der Waals surface area contributed by atoms with Crippen LogP contribution < -0.4 is 10.9 Å². The molecule has 1 aliphatic carbocycles. The molecular weight excluding hydrogens is 330 g/mol. The largest absolute Gasteiger partial charge is 0.419 e. The molecule has 0 spiro atoms. The van der Waals surface area contributed by atoms with Gasteiger partial charge in [0.05, 0.1) is 5.69 Å². The van der Waals surface area contributed by atoms with Gasteiger partial charge in [-0.2, -0.15) is 0 Å². The molecular formula is C14H14F2N2O4S. The van der Waals surface area contributed by atoms with Gasteiger partial charge in [-0.15, -0.1) is 0 Å². The van der Waals surface area contributed by atoms with Crippen molar-refractivity contribution in [3.8, 4) is 11.3 Å². The van der Waals surface area contributed by atoms with Crippen LogP contribution >= 0.6 is 0 Å². The van der Waals surface area contributed by atoms with Gasteiger partial charge in [0.2, 0.25) is 10.0 Å². The number of hydrogen-bond acceptors (Lipinski definition) is 4. The molecule has 1 aromatic heterocycles. The minimum absolute atomic E-state index is 0.0827. The molecule has 23 heavy (non-hydrogen) atoms. The quantitative estimate of drug-likeness (QED) is 0.923. The molecule has 2 aromatic rings. The van der Waals surface area contributed by atoms with Crippen LogP contribution in [0.25, 0.3) is 11.3 Å². The van der Waals surface area contributed by atoms with Gasteiger partial charge in [-0.05, 0) is 25.0 Å². The molecule has 2 N–H and O–H groups in total. The second kappa shape index (κ2) is 5.57. The lowest BCUT2D eigenvalue weighted by atomic mass is 10.1. The lowest BCUT2D eigenvalue weighted by molar-refractivity contribution is 0.430. The molecule has 0 radical (unpaired) electrons. The van der Waals surface area contributed by atoms with Gasteiger partial charge < -0.3 is 4.42 Å². The molecule has 0 bridgehead atoms. The number of benzene rings is 1. The number of rotatable bonds is 3. The molecule has 1 fully saturated rings. The van der Waals surface area contributed by atoms with Crippen molar-refractivity contribution in [2.75, 3.05) is 0 Å². The summed E-state index contributed by atoms with van der Waals surface area (Å²) in [5, 5.41) is 4.84. The number of hydrogen-bond donors (Lipinski definition) is 1. The van der Waals surface area contributed by atoms with Crippen LogP contribution in [0.2, 0.25) is 0 Å². The van der Waals surface area contributed by atoms with Crippen LogP contribution in [0, 0.1) is 11.6 Å². The summed E-state index contributed by atoms with van der Waals surface area (Å²) in [5.41, 5.74) is -0.160. The van der Waals surface area contributed by atoms with Crippen molar-refractivity contribution in [2.24, 2.45) is 5.14 Å². The van der Waals surface area contributed by atoms with E-state index in [0.29, 0.717) is 12.1 Å². The van der Waals surface area contributed by atoms with Crippen LogP contribution in [0.5, 0.6) is 0 Å². The number of sulfonamides is 1. The molecule has 124 valence electrons. The third kappa shape index (κ3) is 2.81. The van der Waals surface area contributed by atoms with Crippen LogP contribution in [0.3, 0.4) is 0 Å². The van der Waals surface area contributed by atoms with Crippen molar-refractivity contribution >= 4 is 10.0 Å². The van der Waals surface area contributed by atoms with Gasteiger partial charge in [-0.3, -0.25) is 4.57 Å². The predicted molar refractivity (Wildman–Crippen MR) is 77.2 cm³/mol. The van der Waals surface area contributed by atoms with Crippen LogP contribution in [-0.2, 0) is 10.0 Å². The molecule has 9 heteroatoms. The molecule has 1 saturated carbocycles. The zero-order valence-corrected chi connectivity index (χ0v) is 12.8. The van der Waals surface area contributed by atoms with Crippen molar-refractivity contribution in [1.29, 1.82) is 0 Å². The number of nitrogens with two attached hydrogens (primary N) is 1. The first-order valence-electron chi connectivity index (χ1n) is 7.01. The van der Waals surface area contributed by atoms with E-state index < -0.39 is 32.3 Å². The van der Waals surface area contributed by atoms with Crippen LogP contribution in [0.15, 0.2) is 32.5 Å². The maximum atomic E-state index is 14.3. The fourth-order valence-electron chi connectivity index (χ4n) is 2.96. The Kier molecular flexibility index (Phi) is 3.85. The topological polar surface area (TPSA) is 95.3 Å². The molecule has 0 aliphatic heterocycles. The van der Waals surface area contributed by atoms with Crippen molar-refractivity contribution in [3.05, 3.63) is 40.6 Å². The molecule has 0 unspecified atom stereocenters. The summed E-state index contributed by atoms with van der Waals surface area (Å²) in [5.74, 6) is -2.83. The third-order valence-corrected chi connectivity index (χ3v) is 4.95. The lowest BCUT2D eigenvalue weighted by Crippen LogP contribution is -2.20. The highest BCUT2D eigenvalue weighted by Crippen LogP contribution is 2.34. The standard InChI is InChI=1S/C14H14F2N2O4S/c15-10-6-13(23(17,20)21)11(16)5-9(10)12-7-22-14(19)18(12)8-3-1-2-4-8/h5-8H,1-4H2,(H2,17,20,21). The van der Waals surface area contributed by atoms with Gasteiger partial charge in [0.25, 0.3) is 0 Å². The van der Waals surface area contributed by atoms with Gasteiger partial charge in [-0.25, -0.2) is 27.1 Å². The minimum atomic E-state index is -4.38. The summed E-state index contributed by atoms with van der Waals surface area (Å²) in [4.78, 5) is 11.0. The number of oxazole rings is 1. The number of aromatic nitrogens is 1. The Balaban J connectivity index is 2.17. The Morgan fingerprint density at radius 2 is 1.83 bits per heavy atom. The molecule has 6 nitrogen and oxygen atoms in total. The fraction of sp³-hybridized carbons (Fsp3) is 0.357. The highest BCUT2D eigenvalue weighted by atomic mass is 32.2. The number of halogens is 2. The Labute approximate surface area is 130 Å². The first kappa shape index (κ1) is 15.9. The SMILES string of the molecule is NS(=O)(=O)c1cc(F)c(-c2coc(=O)n2C2CCCC2)cc1F. The zero-order chi connectivity index (χ0) is 16.8. The molecule has 1 aromatic carbocycles. The van der Waals surface area contributed by atoms with E-state index in [0.717, 1.165) is 31.9 Å². The first-order valence-corrected chi connectivity index (χ1v) is 8.56. The maximum absolute atomic E-state index is 14.3. The van der Waals surface area contributed by atoms with Gasteiger partial charge in [0.15, 0.2) is 0 Å². The van der Waals surface area contributed by atoms with E-state index in [1.165, 1.54) is 4.57 Å². The Morgan fingerprint density at radius 3 is 2.43 bits per heavy atom. The second-order valence-corrected chi connectivity index (χ2v) is 7.03. The average Bonchev–Trinajstić information content (AvgIpc) is 3.08. The highest BCUT2D eigenvalue weighted by molar-refractivity contribution is 7.89. The maximum Gasteiger partial charge on any atom is 0.419 e. The van der Waals surface area contributed by atoms with Crippen LogP contribution in [0.1, 0.15) is 31.7 Å². The minimum Gasteiger partial charge on any atom is -0.416 e. The van der Waals surface area contributed by atoms with Crippen LogP contribution in [-0.4, -0.2) is 13.0 Å². The first-order chi connectivity index (χ1) is 10.8. The third-order valence-electron chi connectivity index (χ3n) is 4.02. The van der Waals surface area contributed by atoms with Gasteiger partial charge in [-0.1, -0.05) is 12.8 Å². The van der Waals surface area contributed by atoms with E-state index in [9.17, 15) is 22.0 Å². The van der Waals surface area contributed by atoms with E-state index in [-0.39, 0.29) is 17.3 Å². The molecule has 0 atom stereocenters. The van der Waals surface area contributed by atoms with E-state index in [1.54, 1.807) is 0 Å². The van der Waals surface area contributed by atoms with Crippen molar-refractivity contribution in [1.82, 2.24) is 4.57 Å². The monoisotopic (exact) mass is 344 g/mol. The average molecular weight is 344 g/mol. The smallest absolute Gasteiger partial charge is 0.416 e. The normalized spacial score (nSPS) is 16.1. The Bertz CT molecular complexity index is 911. The summed E-state index contributed by atoms with van der Waals surface area (Å²) in [7, 11) is -4.38.